The average Bonchev–Trinajstić information content (AvgIpc) is 2.04. The van der Waals surface area contributed by atoms with Gasteiger partial charge in [0.15, 0.2) is 0 Å². The molecule has 0 aliphatic carbocycles. The highest BCUT2D eigenvalue weighted by Gasteiger charge is 2.16. The lowest BCUT2D eigenvalue weighted by atomic mass is 10.0. The molecule has 66 valence electrons. The van der Waals surface area contributed by atoms with E-state index >= 15 is 0 Å². The number of halogens is 1. The van der Waals surface area contributed by atoms with Crippen molar-refractivity contribution in [3.05, 3.63) is 23.5 Å². The van der Waals surface area contributed by atoms with E-state index in [9.17, 15) is 4.79 Å². The molecule has 2 aliphatic rings. The summed E-state index contributed by atoms with van der Waals surface area (Å²) < 4.78 is 0. The van der Waals surface area contributed by atoms with Crippen molar-refractivity contribution in [3.8, 4) is 0 Å². The summed E-state index contributed by atoms with van der Waals surface area (Å²) in [5, 5.41) is 5.94. The molecule has 2 heterocycles. The van der Waals surface area contributed by atoms with Crippen LogP contribution in [-0.2, 0) is 4.79 Å². The Morgan fingerprint density at radius 3 is 3.00 bits per heavy atom. The van der Waals surface area contributed by atoms with E-state index in [1.165, 1.54) is 5.57 Å². The monoisotopic (exact) mass is 186 g/mol. The highest BCUT2D eigenvalue weighted by molar-refractivity contribution is 5.85. The molecule has 2 aliphatic heterocycles. The van der Waals surface area contributed by atoms with Crippen molar-refractivity contribution in [2.75, 3.05) is 6.54 Å². The number of allylic oxidation sites excluding steroid dienone is 1. The van der Waals surface area contributed by atoms with Crippen LogP contribution in [0.25, 0.3) is 0 Å². The third-order valence-corrected chi connectivity index (χ3v) is 1.99. The van der Waals surface area contributed by atoms with Crippen molar-refractivity contribution in [3.63, 3.8) is 0 Å². The third kappa shape index (κ3) is 1.61. The Balaban J connectivity index is 0.000000720. The maximum absolute atomic E-state index is 10.9. The van der Waals surface area contributed by atoms with E-state index in [0.717, 1.165) is 18.7 Å². The summed E-state index contributed by atoms with van der Waals surface area (Å²) in [4.78, 5) is 10.9. The van der Waals surface area contributed by atoms with Crippen LogP contribution in [0.4, 0.5) is 0 Å². The van der Waals surface area contributed by atoms with Crippen LogP contribution >= 0.6 is 12.4 Å². The zero-order valence-corrected chi connectivity index (χ0v) is 7.41. The van der Waals surface area contributed by atoms with Crippen LogP contribution in [0.3, 0.4) is 0 Å². The van der Waals surface area contributed by atoms with Gasteiger partial charge in [0.2, 0.25) is 5.91 Å². The molecule has 0 spiro atoms. The first-order valence-corrected chi connectivity index (χ1v) is 3.78. The first-order valence-electron chi connectivity index (χ1n) is 3.78. The summed E-state index contributed by atoms with van der Waals surface area (Å²) in [6.45, 7) is 0.881. The molecule has 0 fully saturated rings. The average molecular weight is 187 g/mol. The van der Waals surface area contributed by atoms with Gasteiger partial charge in [-0.25, -0.2) is 0 Å². The van der Waals surface area contributed by atoms with E-state index in [1.54, 1.807) is 0 Å². The van der Waals surface area contributed by atoms with Gasteiger partial charge in [-0.05, 0) is 24.3 Å². The number of carbonyl (C=O) groups is 1. The van der Waals surface area contributed by atoms with Crippen LogP contribution in [0.2, 0.25) is 0 Å². The van der Waals surface area contributed by atoms with Crippen molar-refractivity contribution in [1.82, 2.24) is 10.6 Å². The van der Waals surface area contributed by atoms with Gasteiger partial charge < -0.3 is 10.6 Å². The van der Waals surface area contributed by atoms with Crippen LogP contribution in [0.15, 0.2) is 23.5 Å². The molecule has 0 saturated carbocycles. The lowest BCUT2D eigenvalue weighted by Gasteiger charge is -2.21. The molecule has 3 nitrogen and oxygen atoms in total. The second-order valence-electron chi connectivity index (χ2n) is 2.78. The molecular weight excluding hydrogens is 176 g/mol. The number of carbonyl (C=O) groups excluding carboxylic acids is 1. The van der Waals surface area contributed by atoms with E-state index < -0.39 is 0 Å². The van der Waals surface area contributed by atoms with E-state index in [0.29, 0.717) is 6.42 Å². The molecule has 4 heteroatoms. The number of hydrogen-bond donors (Lipinski definition) is 2. The molecule has 0 radical (unpaired) electrons. The molecule has 0 saturated heterocycles. The summed E-state index contributed by atoms with van der Waals surface area (Å²) in [6.07, 6.45) is 5.31. The highest BCUT2D eigenvalue weighted by atomic mass is 35.5. The summed E-state index contributed by atoms with van der Waals surface area (Å²) in [5.74, 6) is 0.135. The quantitative estimate of drug-likeness (QED) is 0.585. The van der Waals surface area contributed by atoms with E-state index in [-0.39, 0.29) is 18.3 Å². The summed E-state index contributed by atoms with van der Waals surface area (Å²) in [7, 11) is 0. The lowest BCUT2D eigenvalue weighted by molar-refractivity contribution is -0.120. The van der Waals surface area contributed by atoms with Crippen molar-refractivity contribution >= 4 is 18.3 Å². The molecule has 0 atom stereocenters. The second kappa shape index (κ2) is 3.63. The smallest absolute Gasteiger partial charge is 0.224 e. The standard InChI is InChI=1S/C8H10N2O.ClH/c11-8-2-1-6-5-9-4-3-7(6)10-8;/h3-4,9H,1-2,5H2,(H,10,11);1H. The Bertz CT molecular complexity index is 258. The van der Waals surface area contributed by atoms with Crippen molar-refractivity contribution in [2.24, 2.45) is 0 Å². The number of nitrogens with one attached hydrogen (secondary N) is 2. The van der Waals surface area contributed by atoms with E-state index in [4.69, 9.17) is 0 Å². The largest absolute Gasteiger partial charge is 0.387 e. The minimum Gasteiger partial charge on any atom is -0.387 e. The molecular formula is C8H11ClN2O. The van der Waals surface area contributed by atoms with Gasteiger partial charge in [0, 0.05) is 18.7 Å². The zero-order valence-electron chi connectivity index (χ0n) is 6.59. The van der Waals surface area contributed by atoms with E-state index in [2.05, 4.69) is 10.6 Å². The van der Waals surface area contributed by atoms with Crippen LogP contribution in [0.5, 0.6) is 0 Å². The predicted octanol–water partition coefficient (Wildman–Crippen LogP) is 0.689. The Hall–Kier alpha value is -0.960. The minimum atomic E-state index is 0. The van der Waals surface area contributed by atoms with Gasteiger partial charge in [0.25, 0.3) is 0 Å². The fraction of sp³-hybridized carbons (Fsp3) is 0.375. The van der Waals surface area contributed by atoms with Gasteiger partial charge >= 0.3 is 0 Å². The zero-order chi connectivity index (χ0) is 7.68. The molecule has 1 amide bonds. The van der Waals surface area contributed by atoms with E-state index in [1.807, 2.05) is 12.3 Å². The first kappa shape index (κ1) is 9.13. The maximum atomic E-state index is 10.9. The van der Waals surface area contributed by atoms with Gasteiger partial charge in [-0.2, -0.15) is 0 Å². The molecule has 0 bridgehead atoms. The predicted molar refractivity (Wildman–Crippen MR) is 48.8 cm³/mol. The maximum Gasteiger partial charge on any atom is 0.224 e. The van der Waals surface area contributed by atoms with Crippen molar-refractivity contribution in [1.29, 1.82) is 0 Å². The number of hydrogen-bond acceptors (Lipinski definition) is 2. The molecule has 0 aromatic heterocycles. The molecule has 0 aromatic carbocycles. The first-order chi connectivity index (χ1) is 5.36. The van der Waals surface area contributed by atoms with Crippen molar-refractivity contribution < 1.29 is 4.79 Å². The third-order valence-electron chi connectivity index (χ3n) is 1.99. The SMILES string of the molecule is Cl.O=C1CCC2=C(C=CNC2)N1. The fourth-order valence-corrected chi connectivity index (χ4v) is 1.37. The molecule has 2 N–H and O–H groups in total. The van der Waals surface area contributed by atoms with Gasteiger partial charge in [0.1, 0.15) is 0 Å². The van der Waals surface area contributed by atoms with Gasteiger partial charge in [-0.1, -0.05) is 0 Å². The topological polar surface area (TPSA) is 41.1 Å². The number of rotatable bonds is 0. The second-order valence-corrected chi connectivity index (χ2v) is 2.78. The molecule has 0 unspecified atom stereocenters. The summed E-state index contributed by atoms with van der Waals surface area (Å²) in [6, 6.07) is 0. The molecule has 12 heavy (non-hydrogen) atoms. The van der Waals surface area contributed by atoms with Gasteiger partial charge in [0.05, 0.1) is 0 Å². The van der Waals surface area contributed by atoms with Crippen LogP contribution in [0.1, 0.15) is 12.8 Å². The van der Waals surface area contributed by atoms with Crippen molar-refractivity contribution in [2.45, 2.75) is 12.8 Å². The Kier molecular flexibility index (Phi) is 2.76. The van der Waals surface area contributed by atoms with Gasteiger partial charge in [-0.3, -0.25) is 4.79 Å². The fourth-order valence-electron chi connectivity index (χ4n) is 1.37. The summed E-state index contributed by atoms with van der Waals surface area (Å²) in [5.41, 5.74) is 2.31. The Morgan fingerprint density at radius 2 is 2.17 bits per heavy atom. The molecule has 0 aromatic rings. The minimum absolute atomic E-state index is 0. The lowest BCUT2D eigenvalue weighted by Crippen LogP contribution is -2.32. The number of dihydropyridines is 1. The van der Waals surface area contributed by atoms with Crippen LogP contribution in [-0.4, -0.2) is 12.5 Å². The van der Waals surface area contributed by atoms with Crippen LogP contribution in [0, 0.1) is 0 Å². The normalized spacial score (nSPS) is 20.5. The molecule has 2 rings (SSSR count). The Labute approximate surface area is 77.3 Å². The summed E-state index contributed by atoms with van der Waals surface area (Å²) >= 11 is 0. The highest BCUT2D eigenvalue weighted by Crippen LogP contribution is 2.17. The number of amides is 1. The van der Waals surface area contributed by atoms with Gasteiger partial charge in [-0.15, -0.1) is 12.4 Å². The van der Waals surface area contributed by atoms with Crippen LogP contribution < -0.4 is 10.6 Å². The Morgan fingerprint density at radius 1 is 1.33 bits per heavy atom.